The largest absolute Gasteiger partial charge is 0.456 e. The molecule has 0 aliphatic heterocycles. The quantitative estimate of drug-likeness (QED) is 0.547. The van der Waals surface area contributed by atoms with Gasteiger partial charge in [-0.1, -0.05) is 23.2 Å². The van der Waals surface area contributed by atoms with Crippen LogP contribution in [0.1, 0.15) is 49.7 Å². The lowest BCUT2D eigenvalue weighted by atomic mass is 9.88. The Balaban J connectivity index is 1.85. The van der Waals surface area contributed by atoms with E-state index in [9.17, 15) is 4.79 Å². The van der Waals surface area contributed by atoms with Crippen LogP contribution < -0.4 is 5.32 Å². The number of aromatic nitrogens is 2. The molecule has 0 radical (unpaired) electrons. The summed E-state index contributed by atoms with van der Waals surface area (Å²) in [5.74, 6) is 0.414. The van der Waals surface area contributed by atoms with Crippen molar-refractivity contribution >= 4 is 34.8 Å². The van der Waals surface area contributed by atoms with Gasteiger partial charge in [0.1, 0.15) is 17.8 Å². The topological polar surface area (TPSA) is 68.0 Å². The Morgan fingerprint density at radius 1 is 0.929 bits per heavy atom. The van der Waals surface area contributed by atoms with E-state index < -0.39 is 5.91 Å². The van der Waals surface area contributed by atoms with E-state index in [1.807, 2.05) is 6.07 Å². The van der Waals surface area contributed by atoms with E-state index in [1.54, 1.807) is 6.07 Å². The monoisotopic (exact) mass is 417 g/mol. The number of benzene rings is 1. The van der Waals surface area contributed by atoms with Crippen LogP contribution in [0.3, 0.4) is 0 Å². The molecule has 0 saturated carbocycles. The van der Waals surface area contributed by atoms with Crippen LogP contribution in [-0.4, -0.2) is 15.9 Å². The average Bonchev–Trinajstić information content (AvgIpc) is 3.14. The molecular formula is C21H21Cl2N3O2. The van der Waals surface area contributed by atoms with E-state index in [0.29, 0.717) is 12.2 Å². The molecule has 2 aromatic heterocycles. The lowest BCUT2D eigenvalue weighted by Crippen LogP contribution is -2.12. The predicted octanol–water partition coefficient (Wildman–Crippen LogP) is 5.76. The Morgan fingerprint density at radius 3 is 2.04 bits per heavy atom. The smallest absolute Gasteiger partial charge is 0.291 e. The molecule has 0 atom stereocenters. The van der Waals surface area contributed by atoms with E-state index >= 15 is 0 Å². The molecule has 0 aliphatic carbocycles. The first-order valence-electron chi connectivity index (χ1n) is 8.82. The number of anilines is 1. The van der Waals surface area contributed by atoms with Gasteiger partial charge >= 0.3 is 0 Å². The third-order valence-electron chi connectivity index (χ3n) is 5.39. The van der Waals surface area contributed by atoms with Crippen molar-refractivity contribution in [3.63, 3.8) is 0 Å². The number of nitrogens with zero attached hydrogens (tertiary/aromatic N) is 2. The highest BCUT2D eigenvalue weighted by Crippen LogP contribution is 2.29. The molecule has 3 aromatic rings. The van der Waals surface area contributed by atoms with Crippen molar-refractivity contribution in [3.05, 3.63) is 73.7 Å². The highest BCUT2D eigenvalue weighted by atomic mass is 35.5. The van der Waals surface area contributed by atoms with Crippen molar-refractivity contribution in [3.8, 4) is 0 Å². The summed E-state index contributed by atoms with van der Waals surface area (Å²) >= 11 is 11.9. The maximum Gasteiger partial charge on any atom is 0.291 e. The molecule has 146 valence electrons. The molecule has 1 N–H and O–H groups in total. The second kappa shape index (κ2) is 7.94. The Morgan fingerprint density at radius 2 is 1.46 bits per heavy atom. The fraction of sp³-hybridized carbons (Fsp3) is 0.286. The zero-order valence-corrected chi connectivity index (χ0v) is 17.9. The molecule has 0 spiro atoms. The van der Waals surface area contributed by atoms with E-state index in [0.717, 1.165) is 0 Å². The van der Waals surface area contributed by atoms with E-state index in [2.05, 4.69) is 49.9 Å². The number of furan rings is 1. The van der Waals surface area contributed by atoms with Crippen LogP contribution in [0, 0.1) is 34.6 Å². The first-order chi connectivity index (χ1) is 13.2. The van der Waals surface area contributed by atoms with Crippen molar-refractivity contribution in [2.75, 3.05) is 5.32 Å². The van der Waals surface area contributed by atoms with Gasteiger partial charge < -0.3 is 9.73 Å². The molecule has 0 fully saturated rings. The van der Waals surface area contributed by atoms with Crippen LogP contribution in [0.5, 0.6) is 0 Å². The molecule has 7 heteroatoms. The van der Waals surface area contributed by atoms with E-state index in [-0.39, 0.29) is 21.8 Å². The fourth-order valence-electron chi connectivity index (χ4n) is 3.23. The van der Waals surface area contributed by atoms with E-state index in [1.165, 1.54) is 39.7 Å². The van der Waals surface area contributed by atoms with Crippen molar-refractivity contribution in [2.24, 2.45) is 0 Å². The second-order valence-corrected chi connectivity index (χ2v) is 7.55. The summed E-state index contributed by atoms with van der Waals surface area (Å²) in [4.78, 5) is 20.1. The molecule has 0 bridgehead atoms. The summed E-state index contributed by atoms with van der Waals surface area (Å²) in [6.07, 6.45) is 1.84. The Kier molecular flexibility index (Phi) is 5.77. The first-order valence-corrected chi connectivity index (χ1v) is 9.58. The molecule has 28 heavy (non-hydrogen) atoms. The van der Waals surface area contributed by atoms with Gasteiger partial charge in [-0.3, -0.25) is 4.79 Å². The van der Waals surface area contributed by atoms with Crippen molar-refractivity contribution in [1.82, 2.24) is 9.97 Å². The number of hydrogen-bond acceptors (Lipinski definition) is 4. The van der Waals surface area contributed by atoms with Gasteiger partial charge in [0.25, 0.3) is 5.91 Å². The summed E-state index contributed by atoms with van der Waals surface area (Å²) in [7, 11) is 0. The van der Waals surface area contributed by atoms with Crippen LogP contribution in [0.2, 0.25) is 10.3 Å². The molecule has 5 nitrogen and oxygen atoms in total. The maximum absolute atomic E-state index is 12.5. The lowest BCUT2D eigenvalue weighted by molar-refractivity contribution is 0.0995. The fourth-order valence-corrected chi connectivity index (χ4v) is 3.64. The molecule has 0 unspecified atom stereocenters. The molecule has 2 heterocycles. The number of carbonyl (C=O) groups is 1. The number of rotatable bonds is 4. The number of carbonyl (C=O) groups excluding carboxylic acids is 1. The molecular weight excluding hydrogens is 397 g/mol. The van der Waals surface area contributed by atoms with E-state index in [4.69, 9.17) is 27.6 Å². The summed E-state index contributed by atoms with van der Waals surface area (Å²) in [6, 6.07) is 3.44. The third kappa shape index (κ3) is 3.77. The Bertz CT molecular complexity index is 1020. The molecule has 1 aromatic carbocycles. The first kappa shape index (κ1) is 20.4. The zero-order valence-electron chi connectivity index (χ0n) is 16.4. The summed E-state index contributed by atoms with van der Waals surface area (Å²) in [5.41, 5.74) is 7.78. The summed E-state index contributed by atoms with van der Waals surface area (Å²) in [5, 5.41) is 2.73. The van der Waals surface area contributed by atoms with Crippen molar-refractivity contribution in [1.29, 1.82) is 0 Å². The van der Waals surface area contributed by atoms with Crippen molar-refractivity contribution < 1.29 is 9.21 Å². The van der Waals surface area contributed by atoms with Gasteiger partial charge in [0.05, 0.1) is 0 Å². The second-order valence-electron chi connectivity index (χ2n) is 6.83. The minimum Gasteiger partial charge on any atom is -0.456 e. The average molecular weight is 418 g/mol. The molecule has 1 amide bonds. The molecule has 0 saturated heterocycles. The number of amides is 1. The van der Waals surface area contributed by atoms with Crippen LogP contribution in [0.25, 0.3) is 0 Å². The molecule has 3 rings (SSSR count). The number of hydrogen-bond donors (Lipinski definition) is 1. The predicted molar refractivity (Wildman–Crippen MR) is 112 cm³/mol. The number of halogens is 2. The SMILES string of the molecule is Cc1c(C)c(C)c(Cc2ccc(C(=O)Nc3c(Cl)ncnc3Cl)o2)c(C)c1C. The van der Waals surface area contributed by atoms with Crippen molar-refractivity contribution in [2.45, 2.75) is 41.0 Å². The van der Waals surface area contributed by atoms with Gasteiger partial charge in [-0.2, -0.15) is 0 Å². The van der Waals surface area contributed by atoms with Crippen LogP contribution in [0.4, 0.5) is 5.69 Å². The van der Waals surface area contributed by atoms with Gasteiger partial charge in [0, 0.05) is 6.42 Å². The van der Waals surface area contributed by atoms with Gasteiger partial charge in [-0.25, -0.2) is 9.97 Å². The van der Waals surface area contributed by atoms with Gasteiger partial charge in [-0.05, 0) is 80.1 Å². The highest BCUT2D eigenvalue weighted by Gasteiger charge is 2.18. The molecule has 0 aliphatic rings. The van der Waals surface area contributed by atoms with Crippen LogP contribution >= 0.6 is 23.2 Å². The van der Waals surface area contributed by atoms with Gasteiger partial charge in [0.2, 0.25) is 0 Å². The standard InChI is InChI=1S/C21H21Cl2N3O2/c1-10-11(2)13(4)16(14(5)12(10)3)8-15-6-7-17(28-15)21(27)26-18-19(22)24-9-25-20(18)23/h6-7,9H,8H2,1-5H3,(H,26,27). The summed E-state index contributed by atoms with van der Waals surface area (Å²) < 4.78 is 5.78. The Labute approximate surface area is 174 Å². The van der Waals surface area contributed by atoms with Crippen LogP contribution in [-0.2, 0) is 6.42 Å². The number of nitrogens with one attached hydrogen (secondary N) is 1. The normalized spacial score (nSPS) is 11.0. The highest BCUT2D eigenvalue weighted by molar-refractivity contribution is 6.38. The third-order valence-corrected chi connectivity index (χ3v) is 5.96. The Hall–Kier alpha value is -2.37. The minimum atomic E-state index is -0.463. The van der Waals surface area contributed by atoms with Gasteiger partial charge in [-0.15, -0.1) is 0 Å². The maximum atomic E-state index is 12.5. The minimum absolute atomic E-state index is 0.0667. The zero-order chi connectivity index (χ0) is 20.6. The summed E-state index contributed by atoms with van der Waals surface area (Å²) in [6.45, 7) is 10.7. The van der Waals surface area contributed by atoms with Gasteiger partial charge in [0.15, 0.2) is 16.1 Å². The lowest BCUT2D eigenvalue weighted by Gasteiger charge is -2.18. The van der Waals surface area contributed by atoms with Crippen LogP contribution in [0.15, 0.2) is 22.9 Å².